The van der Waals surface area contributed by atoms with E-state index in [0.29, 0.717) is 18.6 Å². The summed E-state index contributed by atoms with van der Waals surface area (Å²) in [4.78, 5) is 0. The van der Waals surface area contributed by atoms with Crippen LogP contribution in [0, 0.1) is 5.82 Å². The Morgan fingerprint density at radius 1 is 1.44 bits per heavy atom. The second-order valence-corrected chi connectivity index (χ2v) is 5.01. The molecule has 1 N–H and O–H groups in total. The predicted octanol–water partition coefficient (Wildman–Crippen LogP) is 2.44. The molecule has 1 heterocycles. The smallest absolute Gasteiger partial charge is 0.163 e. The highest BCUT2D eigenvalue weighted by Crippen LogP contribution is 2.34. The standard InChI is InChI=1S/C14H19FO3/c1-14(2)17-9-13(18-14)11(7-8-16)10-5-3-4-6-12(10)15/h3-6,11,13,16H,7-9H2,1-2H3/t11?,13-/m0/s1. The van der Waals surface area contributed by atoms with Crippen molar-refractivity contribution in [1.29, 1.82) is 0 Å². The molecule has 0 aliphatic carbocycles. The number of rotatable bonds is 4. The molecule has 18 heavy (non-hydrogen) atoms. The Hall–Kier alpha value is -0.970. The number of aliphatic hydroxyl groups excluding tert-OH is 1. The lowest BCUT2D eigenvalue weighted by Crippen LogP contribution is -2.26. The number of ether oxygens (including phenoxy) is 2. The molecule has 100 valence electrons. The van der Waals surface area contributed by atoms with Crippen LogP contribution in [0.15, 0.2) is 24.3 Å². The van der Waals surface area contributed by atoms with E-state index in [1.165, 1.54) is 6.07 Å². The van der Waals surface area contributed by atoms with E-state index in [0.717, 1.165) is 0 Å². The Morgan fingerprint density at radius 2 is 2.17 bits per heavy atom. The summed E-state index contributed by atoms with van der Waals surface area (Å²) >= 11 is 0. The third kappa shape index (κ3) is 2.88. The summed E-state index contributed by atoms with van der Waals surface area (Å²) < 4.78 is 25.1. The third-order valence-corrected chi connectivity index (χ3v) is 3.22. The van der Waals surface area contributed by atoms with Gasteiger partial charge in [-0.2, -0.15) is 0 Å². The van der Waals surface area contributed by atoms with Crippen LogP contribution in [0.3, 0.4) is 0 Å². The molecule has 0 aromatic heterocycles. The Labute approximate surface area is 107 Å². The first kappa shape index (κ1) is 13.5. The SMILES string of the molecule is CC1(C)OC[C@@H](C(CCO)c2ccccc2F)O1. The molecule has 1 fully saturated rings. The summed E-state index contributed by atoms with van der Waals surface area (Å²) in [7, 11) is 0. The fourth-order valence-corrected chi connectivity index (χ4v) is 2.37. The van der Waals surface area contributed by atoms with E-state index in [4.69, 9.17) is 14.6 Å². The normalized spacial score (nSPS) is 24.1. The summed E-state index contributed by atoms with van der Waals surface area (Å²) in [6, 6.07) is 6.62. The summed E-state index contributed by atoms with van der Waals surface area (Å²) in [6.45, 7) is 4.10. The molecule has 2 atom stereocenters. The van der Waals surface area contributed by atoms with Gasteiger partial charge in [0.2, 0.25) is 0 Å². The van der Waals surface area contributed by atoms with Crippen molar-refractivity contribution >= 4 is 0 Å². The first-order valence-electron chi connectivity index (χ1n) is 6.20. The van der Waals surface area contributed by atoms with Crippen LogP contribution in [0.25, 0.3) is 0 Å². The lowest BCUT2D eigenvalue weighted by molar-refractivity contribution is -0.141. The molecule has 0 saturated carbocycles. The first-order valence-corrected chi connectivity index (χ1v) is 6.20. The number of halogens is 1. The highest BCUT2D eigenvalue weighted by atomic mass is 19.1. The van der Waals surface area contributed by atoms with Crippen LogP contribution in [-0.2, 0) is 9.47 Å². The highest BCUT2D eigenvalue weighted by molar-refractivity contribution is 5.23. The Bertz CT molecular complexity index is 406. The molecule has 0 bridgehead atoms. The van der Waals surface area contributed by atoms with E-state index >= 15 is 0 Å². The van der Waals surface area contributed by atoms with Gasteiger partial charge in [0.15, 0.2) is 5.79 Å². The van der Waals surface area contributed by atoms with Gasteiger partial charge in [0.25, 0.3) is 0 Å². The summed E-state index contributed by atoms with van der Waals surface area (Å²) in [5, 5.41) is 9.16. The van der Waals surface area contributed by atoms with Crippen molar-refractivity contribution in [3.05, 3.63) is 35.6 Å². The van der Waals surface area contributed by atoms with Crippen LogP contribution in [0.5, 0.6) is 0 Å². The van der Waals surface area contributed by atoms with Crippen molar-refractivity contribution in [1.82, 2.24) is 0 Å². The van der Waals surface area contributed by atoms with Crippen LogP contribution in [0.1, 0.15) is 31.7 Å². The number of hydrogen-bond acceptors (Lipinski definition) is 3. The van der Waals surface area contributed by atoms with Crippen molar-refractivity contribution < 1.29 is 19.0 Å². The van der Waals surface area contributed by atoms with Gasteiger partial charge in [0.1, 0.15) is 5.82 Å². The fourth-order valence-electron chi connectivity index (χ4n) is 2.37. The summed E-state index contributed by atoms with van der Waals surface area (Å²) in [5.41, 5.74) is 0.581. The molecule has 1 aliphatic heterocycles. The maximum Gasteiger partial charge on any atom is 0.163 e. The minimum absolute atomic E-state index is 0.000705. The maximum atomic E-state index is 13.8. The molecule has 0 spiro atoms. The Kier molecular flexibility index (Phi) is 4.00. The van der Waals surface area contributed by atoms with Crippen LogP contribution in [0.2, 0.25) is 0 Å². The van der Waals surface area contributed by atoms with Crippen LogP contribution < -0.4 is 0 Å². The van der Waals surface area contributed by atoms with E-state index in [9.17, 15) is 4.39 Å². The topological polar surface area (TPSA) is 38.7 Å². The van der Waals surface area contributed by atoms with Gasteiger partial charge in [-0.05, 0) is 31.9 Å². The van der Waals surface area contributed by atoms with E-state index in [1.807, 2.05) is 13.8 Å². The molecule has 1 aromatic carbocycles. The maximum absolute atomic E-state index is 13.8. The monoisotopic (exact) mass is 254 g/mol. The second kappa shape index (κ2) is 5.34. The first-order chi connectivity index (χ1) is 8.53. The average Bonchev–Trinajstić information content (AvgIpc) is 2.68. The van der Waals surface area contributed by atoms with Gasteiger partial charge in [0, 0.05) is 12.5 Å². The van der Waals surface area contributed by atoms with E-state index in [1.54, 1.807) is 18.2 Å². The van der Waals surface area contributed by atoms with Gasteiger partial charge in [-0.25, -0.2) is 4.39 Å². The van der Waals surface area contributed by atoms with Crippen molar-refractivity contribution in [2.24, 2.45) is 0 Å². The van der Waals surface area contributed by atoms with Crippen molar-refractivity contribution in [3.63, 3.8) is 0 Å². The zero-order valence-electron chi connectivity index (χ0n) is 10.7. The zero-order chi connectivity index (χ0) is 13.2. The van der Waals surface area contributed by atoms with Crippen molar-refractivity contribution in [2.75, 3.05) is 13.2 Å². The molecule has 1 unspecified atom stereocenters. The molecule has 1 saturated heterocycles. The van der Waals surface area contributed by atoms with Gasteiger partial charge in [-0.1, -0.05) is 18.2 Å². The minimum Gasteiger partial charge on any atom is -0.396 e. The van der Waals surface area contributed by atoms with Crippen LogP contribution in [-0.4, -0.2) is 30.2 Å². The van der Waals surface area contributed by atoms with E-state index < -0.39 is 5.79 Å². The second-order valence-electron chi connectivity index (χ2n) is 5.01. The summed E-state index contributed by atoms with van der Waals surface area (Å²) in [6.07, 6.45) is 0.245. The van der Waals surface area contributed by atoms with Gasteiger partial charge in [0.05, 0.1) is 12.7 Å². The zero-order valence-corrected chi connectivity index (χ0v) is 10.7. The minimum atomic E-state index is -0.635. The van der Waals surface area contributed by atoms with Crippen molar-refractivity contribution in [3.8, 4) is 0 Å². The molecule has 2 rings (SSSR count). The number of hydrogen-bond donors (Lipinski definition) is 1. The molecule has 0 radical (unpaired) electrons. The average molecular weight is 254 g/mol. The van der Waals surface area contributed by atoms with Gasteiger partial charge < -0.3 is 14.6 Å². The molecule has 3 nitrogen and oxygen atoms in total. The third-order valence-electron chi connectivity index (χ3n) is 3.22. The molecule has 4 heteroatoms. The van der Waals surface area contributed by atoms with Crippen LogP contribution >= 0.6 is 0 Å². The van der Waals surface area contributed by atoms with Crippen LogP contribution in [0.4, 0.5) is 4.39 Å². The number of benzene rings is 1. The van der Waals surface area contributed by atoms with E-state index in [-0.39, 0.29) is 24.4 Å². The number of aliphatic hydroxyl groups is 1. The predicted molar refractivity (Wildman–Crippen MR) is 65.7 cm³/mol. The van der Waals surface area contributed by atoms with Gasteiger partial charge >= 0.3 is 0 Å². The Balaban J connectivity index is 2.22. The van der Waals surface area contributed by atoms with Crippen molar-refractivity contribution in [2.45, 2.75) is 38.1 Å². The molecule has 1 aliphatic rings. The lowest BCUT2D eigenvalue weighted by atomic mass is 9.90. The quantitative estimate of drug-likeness (QED) is 0.897. The van der Waals surface area contributed by atoms with Gasteiger partial charge in [-0.3, -0.25) is 0 Å². The molecule has 1 aromatic rings. The summed E-state index contributed by atoms with van der Waals surface area (Å²) in [5.74, 6) is -1.08. The fraction of sp³-hybridized carbons (Fsp3) is 0.571. The Morgan fingerprint density at radius 3 is 2.72 bits per heavy atom. The van der Waals surface area contributed by atoms with E-state index in [2.05, 4.69) is 0 Å². The largest absolute Gasteiger partial charge is 0.396 e. The molecule has 0 amide bonds. The molecular formula is C14H19FO3. The highest BCUT2D eigenvalue weighted by Gasteiger charge is 2.38. The van der Waals surface area contributed by atoms with Gasteiger partial charge in [-0.15, -0.1) is 0 Å². The molecular weight excluding hydrogens is 235 g/mol. The lowest BCUT2D eigenvalue weighted by Gasteiger charge is -2.24.